The number of thioether (sulfide) groups is 1. The summed E-state index contributed by atoms with van der Waals surface area (Å²) < 4.78 is 0. The van der Waals surface area contributed by atoms with E-state index in [-0.39, 0.29) is 16.6 Å². The smallest absolute Gasteiger partial charge is 0.237 e. The van der Waals surface area contributed by atoms with E-state index < -0.39 is 0 Å². The Balaban J connectivity index is 1.76. The van der Waals surface area contributed by atoms with Crippen molar-refractivity contribution in [1.29, 1.82) is 5.26 Å². The number of benzene rings is 1. The van der Waals surface area contributed by atoms with Gasteiger partial charge < -0.3 is 5.32 Å². The zero-order valence-electron chi connectivity index (χ0n) is 20.2. The van der Waals surface area contributed by atoms with E-state index in [2.05, 4.69) is 58.1 Å². The first-order valence-electron chi connectivity index (χ1n) is 11.6. The number of amides is 1. The number of hydrogen-bond donors (Lipinski definition) is 1. The monoisotopic (exact) mass is 449 g/mol. The standard InChI is InChI=1S/C27H35N3OS/c1-7-24(25(31)29-22-11-8-18(9-12-22)17(2)3)32-26-20(16-28)14-19-15-21(27(4,5)6)10-13-23(19)30-26/h8-9,11-12,14,17,21,24H,7,10,13,15H2,1-6H3,(H,29,31). The van der Waals surface area contributed by atoms with E-state index in [1.165, 1.54) is 22.9 Å². The second-order valence-corrected chi connectivity index (χ2v) is 11.3. The number of nitriles is 1. The zero-order valence-corrected chi connectivity index (χ0v) is 21.0. The third-order valence-corrected chi connectivity index (χ3v) is 7.83. The van der Waals surface area contributed by atoms with Crippen LogP contribution in [0.25, 0.3) is 0 Å². The molecule has 2 aromatic rings. The molecule has 2 unspecified atom stereocenters. The molecule has 0 bridgehead atoms. The number of carbonyl (C=O) groups excluding carboxylic acids is 1. The Labute approximate surface area is 197 Å². The molecule has 0 saturated heterocycles. The Bertz CT molecular complexity index is 999. The van der Waals surface area contributed by atoms with Crippen molar-refractivity contribution in [1.82, 2.24) is 4.98 Å². The molecular weight excluding hydrogens is 414 g/mol. The SMILES string of the molecule is CCC(Sc1nc2c(cc1C#N)CC(C(C)(C)C)CC2)C(=O)Nc1ccc(C(C)C)cc1. The number of fused-ring (bicyclic) bond motifs is 1. The third-order valence-electron chi connectivity index (χ3n) is 6.46. The van der Waals surface area contributed by atoms with Gasteiger partial charge in [0.1, 0.15) is 11.1 Å². The minimum absolute atomic E-state index is 0.0500. The number of anilines is 1. The molecule has 1 heterocycles. The van der Waals surface area contributed by atoms with E-state index in [0.29, 0.717) is 28.8 Å². The number of carbonyl (C=O) groups is 1. The number of aryl methyl sites for hydroxylation is 1. The van der Waals surface area contributed by atoms with Crippen molar-refractivity contribution in [3.05, 3.63) is 52.7 Å². The summed E-state index contributed by atoms with van der Waals surface area (Å²) >= 11 is 1.41. The first-order chi connectivity index (χ1) is 15.1. The number of pyridine rings is 1. The maximum Gasteiger partial charge on any atom is 0.237 e. The molecule has 4 nitrogen and oxygen atoms in total. The number of rotatable bonds is 6. The summed E-state index contributed by atoms with van der Waals surface area (Å²) in [6.45, 7) is 13.2. The fourth-order valence-corrected chi connectivity index (χ4v) is 5.18. The van der Waals surface area contributed by atoms with Crippen molar-refractivity contribution in [3.8, 4) is 6.07 Å². The van der Waals surface area contributed by atoms with Crippen LogP contribution in [0.1, 0.15) is 82.7 Å². The topological polar surface area (TPSA) is 65.8 Å². The number of nitrogens with one attached hydrogen (secondary N) is 1. The highest BCUT2D eigenvalue weighted by molar-refractivity contribution is 8.00. The van der Waals surface area contributed by atoms with Crippen molar-refractivity contribution in [2.75, 3.05) is 5.32 Å². The molecule has 0 spiro atoms. The lowest BCUT2D eigenvalue weighted by Gasteiger charge is -2.34. The van der Waals surface area contributed by atoms with Crippen LogP contribution in [-0.2, 0) is 17.6 Å². The van der Waals surface area contributed by atoms with Crippen molar-refractivity contribution < 1.29 is 4.79 Å². The molecule has 1 aromatic heterocycles. The van der Waals surface area contributed by atoms with Crippen molar-refractivity contribution in [2.45, 2.75) is 83.4 Å². The van der Waals surface area contributed by atoms with Gasteiger partial charge >= 0.3 is 0 Å². The molecule has 1 amide bonds. The van der Waals surface area contributed by atoms with E-state index in [1.54, 1.807) is 0 Å². The van der Waals surface area contributed by atoms with Gasteiger partial charge in [0.2, 0.25) is 5.91 Å². The number of nitrogens with zero attached hydrogens (tertiary/aromatic N) is 2. The van der Waals surface area contributed by atoms with Gasteiger partial charge in [-0.1, -0.05) is 65.4 Å². The molecule has 1 aliphatic rings. The van der Waals surface area contributed by atoms with E-state index in [9.17, 15) is 10.1 Å². The maximum atomic E-state index is 13.0. The Morgan fingerprint density at radius 1 is 1.28 bits per heavy atom. The van der Waals surface area contributed by atoms with E-state index in [4.69, 9.17) is 4.98 Å². The van der Waals surface area contributed by atoms with Crippen LogP contribution < -0.4 is 5.32 Å². The van der Waals surface area contributed by atoms with Gasteiger partial charge in [-0.15, -0.1) is 0 Å². The lowest BCUT2D eigenvalue weighted by molar-refractivity contribution is -0.115. The predicted octanol–water partition coefficient (Wildman–Crippen LogP) is 6.74. The molecule has 0 aliphatic heterocycles. The molecule has 0 radical (unpaired) electrons. The van der Waals surface area contributed by atoms with Crippen LogP contribution >= 0.6 is 11.8 Å². The summed E-state index contributed by atoms with van der Waals surface area (Å²) in [5.74, 6) is 1.00. The van der Waals surface area contributed by atoms with Crippen LogP contribution in [0.4, 0.5) is 5.69 Å². The normalized spacial score (nSPS) is 16.9. The molecule has 5 heteroatoms. The molecule has 0 fully saturated rings. The van der Waals surface area contributed by atoms with Crippen LogP contribution in [0, 0.1) is 22.7 Å². The Morgan fingerprint density at radius 2 is 1.97 bits per heavy atom. The zero-order chi connectivity index (χ0) is 23.5. The van der Waals surface area contributed by atoms with E-state index >= 15 is 0 Å². The Hall–Kier alpha value is -2.32. The summed E-state index contributed by atoms with van der Waals surface area (Å²) in [7, 11) is 0. The van der Waals surface area contributed by atoms with Crippen LogP contribution in [0.2, 0.25) is 0 Å². The van der Waals surface area contributed by atoms with E-state index in [1.807, 2.05) is 25.1 Å². The highest BCUT2D eigenvalue weighted by Crippen LogP contribution is 2.38. The molecular formula is C27H35N3OS. The number of hydrogen-bond acceptors (Lipinski definition) is 4. The van der Waals surface area contributed by atoms with Gasteiger partial charge in [0.05, 0.1) is 10.8 Å². The molecule has 1 aromatic carbocycles. The van der Waals surface area contributed by atoms with Crippen LogP contribution in [-0.4, -0.2) is 16.1 Å². The summed E-state index contributed by atoms with van der Waals surface area (Å²) in [6, 6.07) is 12.3. The van der Waals surface area contributed by atoms with Gasteiger partial charge in [-0.2, -0.15) is 5.26 Å². The van der Waals surface area contributed by atoms with Gasteiger partial charge in [0.15, 0.2) is 0 Å². The van der Waals surface area contributed by atoms with Gasteiger partial charge in [-0.25, -0.2) is 4.98 Å². The minimum Gasteiger partial charge on any atom is -0.325 e. The van der Waals surface area contributed by atoms with Crippen LogP contribution in [0.15, 0.2) is 35.4 Å². The molecule has 0 saturated carbocycles. The first kappa shape index (κ1) is 24.3. The third kappa shape index (κ3) is 5.72. The van der Waals surface area contributed by atoms with Crippen LogP contribution in [0.3, 0.4) is 0 Å². The minimum atomic E-state index is -0.302. The van der Waals surface area contributed by atoms with Gasteiger partial charge in [0.25, 0.3) is 0 Å². The van der Waals surface area contributed by atoms with Gasteiger partial charge in [-0.3, -0.25) is 4.79 Å². The lowest BCUT2D eigenvalue weighted by Crippen LogP contribution is -2.28. The first-order valence-corrected chi connectivity index (χ1v) is 12.5. The maximum absolute atomic E-state index is 13.0. The molecule has 1 aliphatic carbocycles. The Morgan fingerprint density at radius 3 is 2.53 bits per heavy atom. The summed E-state index contributed by atoms with van der Waals surface area (Å²) in [5, 5.41) is 13.2. The summed E-state index contributed by atoms with van der Waals surface area (Å²) in [6.07, 6.45) is 3.68. The molecule has 1 N–H and O–H groups in total. The molecule has 170 valence electrons. The molecule has 32 heavy (non-hydrogen) atoms. The fraction of sp³-hybridized carbons (Fsp3) is 0.519. The van der Waals surface area contributed by atoms with Gasteiger partial charge in [-0.05, 0) is 72.3 Å². The summed E-state index contributed by atoms with van der Waals surface area (Å²) in [4.78, 5) is 17.8. The largest absolute Gasteiger partial charge is 0.325 e. The number of aromatic nitrogens is 1. The second kappa shape index (κ2) is 10.1. The highest BCUT2D eigenvalue weighted by atomic mass is 32.2. The predicted molar refractivity (Wildman–Crippen MR) is 133 cm³/mol. The Kier molecular flexibility index (Phi) is 7.67. The van der Waals surface area contributed by atoms with Crippen LogP contribution in [0.5, 0.6) is 0 Å². The fourth-order valence-electron chi connectivity index (χ4n) is 4.19. The lowest BCUT2D eigenvalue weighted by atomic mass is 9.71. The summed E-state index contributed by atoms with van der Waals surface area (Å²) in [5.41, 5.74) is 5.15. The van der Waals surface area contributed by atoms with Crippen molar-refractivity contribution in [3.63, 3.8) is 0 Å². The molecule has 2 atom stereocenters. The van der Waals surface area contributed by atoms with E-state index in [0.717, 1.165) is 30.6 Å². The van der Waals surface area contributed by atoms with Crippen molar-refractivity contribution >= 4 is 23.4 Å². The quantitative estimate of drug-likeness (QED) is 0.496. The van der Waals surface area contributed by atoms with Crippen molar-refractivity contribution in [2.24, 2.45) is 11.3 Å². The average molecular weight is 450 g/mol. The second-order valence-electron chi connectivity index (χ2n) is 10.1. The highest BCUT2D eigenvalue weighted by Gasteiger charge is 2.30. The van der Waals surface area contributed by atoms with Gasteiger partial charge in [0, 0.05) is 11.4 Å². The average Bonchev–Trinajstić information content (AvgIpc) is 2.76. The molecule has 3 rings (SSSR count).